The highest BCUT2D eigenvalue weighted by molar-refractivity contribution is 5.97. The number of benzene rings is 1. The molecule has 1 aliphatic heterocycles. The first kappa shape index (κ1) is 18.5. The van der Waals surface area contributed by atoms with Crippen molar-refractivity contribution in [2.45, 2.75) is 38.1 Å². The van der Waals surface area contributed by atoms with Crippen LogP contribution in [0.15, 0.2) is 24.3 Å². The third kappa shape index (κ3) is 5.38. The summed E-state index contributed by atoms with van der Waals surface area (Å²) in [6.45, 7) is 1.11. The van der Waals surface area contributed by atoms with Gasteiger partial charge in [0, 0.05) is 13.1 Å². The molecular weight excluding hydrogens is 325 g/mol. The summed E-state index contributed by atoms with van der Waals surface area (Å²) in [4.78, 5) is 14.1. The number of amides is 1. The number of hydrogen-bond acceptors (Lipinski definition) is 4. The minimum absolute atomic E-state index is 0.321. The molecule has 1 amide bonds. The maximum Gasteiger partial charge on any atom is 0.411 e. The van der Waals surface area contributed by atoms with Crippen LogP contribution in [0.5, 0.6) is 0 Å². The van der Waals surface area contributed by atoms with E-state index in [9.17, 15) is 23.1 Å². The number of para-hydroxylation sites is 2. The Labute approximate surface area is 138 Å². The lowest BCUT2D eigenvalue weighted by atomic mass is 10.1. The molecule has 134 valence electrons. The molecule has 1 fully saturated rings. The molecule has 1 saturated heterocycles. The van der Waals surface area contributed by atoms with Gasteiger partial charge < -0.3 is 20.1 Å². The molecule has 1 heterocycles. The number of halogens is 3. The van der Waals surface area contributed by atoms with Crippen LogP contribution in [-0.4, -0.2) is 49.1 Å². The molecule has 1 aromatic carbocycles. The second-order valence-corrected chi connectivity index (χ2v) is 5.79. The fourth-order valence-corrected chi connectivity index (χ4v) is 2.49. The molecule has 24 heavy (non-hydrogen) atoms. The van der Waals surface area contributed by atoms with Crippen LogP contribution >= 0.6 is 0 Å². The molecule has 5 nitrogen and oxygen atoms in total. The average Bonchev–Trinajstić information content (AvgIpc) is 2.53. The molecule has 1 aliphatic rings. The van der Waals surface area contributed by atoms with E-state index >= 15 is 0 Å². The standard InChI is InChI=1S/C16H21F3N2O3/c1-11(24-10-16(17,18)19)15(23)20-13-4-2-3-5-14(13)21-8-6-12(22)7-9-21/h2-5,11-12,22H,6-10H2,1H3,(H,20,23). The van der Waals surface area contributed by atoms with Crippen LogP contribution in [0.2, 0.25) is 0 Å². The largest absolute Gasteiger partial charge is 0.411 e. The second kappa shape index (κ2) is 7.85. The zero-order valence-electron chi connectivity index (χ0n) is 13.3. The molecule has 1 atom stereocenters. The lowest BCUT2D eigenvalue weighted by molar-refractivity contribution is -0.184. The summed E-state index contributed by atoms with van der Waals surface area (Å²) in [6.07, 6.45) is -4.75. The van der Waals surface area contributed by atoms with Crippen molar-refractivity contribution in [3.05, 3.63) is 24.3 Å². The number of piperidine rings is 1. The van der Waals surface area contributed by atoms with Gasteiger partial charge in [-0.1, -0.05) is 12.1 Å². The number of carbonyl (C=O) groups is 1. The second-order valence-electron chi connectivity index (χ2n) is 5.79. The van der Waals surface area contributed by atoms with Gasteiger partial charge >= 0.3 is 6.18 Å². The zero-order valence-corrected chi connectivity index (χ0v) is 13.3. The molecule has 8 heteroatoms. The van der Waals surface area contributed by atoms with Crippen LogP contribution in [0.3, 0.4) is 0 Å². The van der Waals surface area contributed by atoms with Gasteiger partial charge in [-0.05, 0) is 31.9 Å². The third-order valence-electron chi connectivity index (χ3n) is 3.83. The summed E-state index contributed by atoms with van der Waals surface area (Å²) in [5.41, 5.74) is 1.29. The van der Waals surface area contributed by atoms with Gasteiger partial charge in [0.25, 0.3) is 5.91 Å². The van der Waals surface area contributed by atoms with Crippen molar-refractivity contribution in [1.82, 2.24) is 0 Å². The van der Waals surface area contributed by atoms with E-state index in [4.69, 9.17) is 0 Å². The Morgan fingerprint density at radius 3 is 2.62 bits per heavy atom. The van der Waals surface area contributed by atoms with Crippen molar-refractivity contribution < 1.29 is 27.8 Å². The summed E-state index contributed by atoms with van der Waals surface area (Å²) in [5, 5.41) is 12.2. The number of carbonyl (C=O) groups excluding carboxylic acids is 1. The van der Waals surface area contributed by atoms with E-state index in [1.54, 1.807) is 12.1 Å². The van der Waals surface area contributed by atoms with Gasteiger partial charge in [-0.2, -0.15) is 13.2 Å². The molecule has 0 radical (unpaired) electrons. The smallest absolute Gasteiger partial charge is 0.393 e. The highest BCUT2D eigenvalue weighted by atomic mass is 19.4. The minimum atomic E-state index is -4.47. The summed E-state index contributed by atoms with van der Waals surface area (Å²) in [5.74, 6) is -0.635. The zero-order chi connectivity index (χ0) is 17.7. The van der Waals surface area contributed by atoms with Crippen molar-refractivity contribution in [3.63, 3.8) is 0 Å². The van der Waals surface area contributed by atoms with Crippen molar-refractivity contribution in [2.24, 2.45) is 0 Å². The molecule has 2 rings (SSSR count). The van der Waals surface area contributed by atoms with Crippen LogP contribution < -0.4 is 10.2 Å². The first-order valence-electron chi connectivity index (χ1n) is 7.77. The van der Waals surface area contributed by atoms with Crippen LogP contribution in [-0.2, 0) is 9.53 Å². The van der Waals surface area contributed by atoms with Crippen molar-refractivity contribution in [1.29, 1.82) is 0 Å². The first-order valence-corrected chi connectivity index (χ1v) is 7.77. The lowest BCUT2D eigenvalue weighted by Gasteiger charge is -2.33. The number of ether oxygens (including phenoxy) is 1. The minimum Gasteiger partial charge on any atom is -0.393 e. The Bertz CT molecular complexity index is 558. The van der Waals surface area contributed by atoms with Crippen molar-refractivity contribution in [3.8, 4) is 0 Å². The predicted octanol–water partition coefficient (Wildman–Crippen LogP) is 2.55. The van der Waals surface area contributed by atoms with E-state index in [0.717, 1.165) is 5.69 Å². The first-order chi connectivity index (χ1) is 11.3. The number of anilines is 2. The monoisotopic (exact) mass is 346 g/mol. The normalized spacial score (nSPS) is 17.6. The Morgan fingerprint density at radius 2 is 2.00 bits per heavy atom. The highest BCUT2D eigenvalue weighted by Crippen LogP contribution is 2.28. The molecule has 1 aromatic rings. The molecule has 2 N–H and O–H groups in total. The predicted molar refractivity (Wildman–Crippen MR) is 84.0 cm³/mol. The maximum absolute atomic E-state index is 12.2. The number of alkyl halides is 3. The Balaban J connectivity index is 2.00. The Kier molecular flexibility index (Phi) is 6.06. The van der Waals surface area contributed by atoms with Crippen molar-refractivity contribution >= 4 is 17.3 Å². The van der Waals surface area contributed by atoms with Crippen LogP contribution in [0, 0.1) is 0 Å². The van der Waals surface area contributed by atoms with E-state index in [-0.39, 0.29) is 6.10 Å². The quantitative estimate of drug-likeness (QED) is 0.860. The lowest BCUT2D eigenvalue weighted by Crippen LogP contribution is -2.37. The summed E-state index contributed by atoms with van der Waals surface area (Å²) >= 11 is 0. The van der Waals surface area contributed by atoms with E-state index in [1.807, 2.05) is 17.0 Å². The molecule has 0 aliphatic carbocycles. The van der Waals surface area contributed by atoms with Crippen molar-refractivity contribution in [2.75, 3.05) is 29.9 Å². The number of nitrogens with one attached hydrogen (secondary N) is 1. The van der Waals surface area contributed by atoms with E-state index in [1.165, 1.54) is 6.92 Å². The molecule has 0 saturated carbocycles. The van der Waals surface area contributed by atoms with Crippen LogP contribution in [0.1, 0.15) is 19.8 Å². The van der Waals surface area contributed by atoms with Gasteiger partial charge in [-0.3, -0.25) is 4.79 Å². The molecule has 0 bridgehead atoms. The Hall–Kier alpha value is -1.80. The van der Waals surface area contributed by atoms with Gasteiger partial charge in [0.05, 0.1) is 17.5 Å². The highest BCUT2D eigenvalue weighted by Gasteiger charge is 2.30. The number of hydrogen-bond donors (Lipinski definition) is 2. The summed E-state index contributed by atoms with van der Waals surface area (Å²) in [7, 11) is 0. The average molecular weight is 346 g/mol. The summed E-state index contributed by atoms with van der Waals surface area (Å²) < 4.78 is 41.0. The van der Waals surface area contributed by atoms with Gasteiger partial charge in [0.2, 0.25) is 0 Å². The van der Waals surface area contributed by atoms with Gasteiger partial charge in [-0.15, -0.1) is 0 Å². The summed E-state index contributed by atoms with van der Waals surface area (Å²) in [6, 6.07) is 7.07. The molecule has 0 aromatic heterocycles. The van der Waals surface area contributed by atoms with Crippen LogP contribution in [0.4, 0.5) is 24.5 Å². The van der Waals surface area contributed by atoms with Gasteiger partial charge in [0.1, 0.15) is 12.7 Å². The number of nitrogens with zero attached hydrogens (tertiary/aromatic N) is 1. The Morgan fingerprint density at radius 1 is 1.38 bits per heavy atom. The van der Waals surface area contributed by atoms with E-state index in [2.05, 4.69) is 10.1 Å². The maximum atomic E-state index is 12.2. The third-order valence-corrected chi connectivity index (χ3v) is 3.83. The van der Waals surface area contributed by atoms with Gasteiger partial charge in [0.15, 0.2) is 0 Å². The topological polar surface area (TPSA) is 61.8 Å². The fourth-order valence-electron chi connectivity index (χ4n) is 2.49. The van der Waals surface area contributed by atoms with E-state index < -0.39 is 24.8 Å². The number of aliphatic hydroxyl groups excluding tert-OH is 1. The molecule has 1 unspecified atom stereocenters. The number of aliphatic hydroxyl groups is 1. The van der Waals surface area contributed by atoms with E-state index in [0.29, 0.717) is 31.6 Å². The van der Waals surface area contributed by atoms with Gasteiger partial charge in [-0.25, -0.2) is 0 Å². The SMILES string of the molecule is CC(OCC(F)(F)F)C(=O)Nc1ccccc1N1CCC(O)CC1. The van der Waals surface area contributed by atoms with Crippen LogP contribution in [0.25, 0.3) is 0 Å². The fraction of sp³-hybridized carbons (Fsp3) is 0.562. The number of rotatable bonds is 5. The molecular formula is C16H21F3N2O3. The molecule has 0 spiro atoms.